The Morgan fingerprint density at radius 2 is 2.10 bits per heavy atom. The van der Waals surface area contributed by atoms with Gasteiger partial charge in [-0.1, -0.05) is 0 Å². The van der Waals surface area contributed by atoms with Gasteiger partial charge in [0.1, 0.15) is 10.6 Å². The summed E-state index contributed by atoms with van der Waals surface area (Å²) in [7, 11) is -2.40. The fourth-order valence-corrected chi connectivity index (χ4v) is 3.12. The third kappa shape index (κ3) is 3.85. The van der Waals surface area contributed by atoms with Crippen LogP contribution in [0.2, 0.25) is 0 Å². The highest BCUT2D eigenvalue weighted by Gasteiger charge is 2.28. The molecule has 1 aromatic carbocycles. The normalized spacial score (nSPS) is 16.3. The summed E-state index contributed by atoms with van der Waals surface area (Å²) in [5.41, 5.74) is 5.79. The van der Waals surface area contributed by atoms with Crippen LogP contribution >= 0.6 is 0 Å². The lowest BCUT2D eigenvalue weighted by Crippen LogP contribution is -2.45. The second-order valence-electron chi connectivity index (χ2n) is 5.03. The molecule has 0 spiro atoms. The lowest BCUT2D eigenvalue weighted by Gasteiger charge is -2.15. The highest BCUT2D eigenvalue weighted by atomic mass is 32.2. The summed E-state index contributed by atoms with van der Waals surface area (Å²) >= 11 is 0. The van der Waals surface area contributed by atoms with Crippen LogP contribution in [0.3, 0.4) is 0 Å². The Kier molecular flexibility index (Phi) is 4.38. The first kappa shape index (κ1) is 15.6. The van der Waals surface area contributed by atoms with E-state index in [4.69, 9.17) is 10.5 Å². The van der Waals surface area contributed by atoms with Crippen LogP contribution in [-0.2, 0) is 14.8 Å². The first-order valence-electron chi connectivity index (χ1n) is 6.59. The molecule has 0 saturated heterocycles. The van der Waals surface area contributed by atoms with E-state index in [0.717, 1.165) is 12.8 Å². The second kappa shape index (κ2) is 5.90. The SMILES string of the molecule is COc1ccc(S(=O)(=O)NC(C)C(=O)NC2CC2)c(N)c1. The van der Waals surface area contributed by atoms with Crippen LogP contribution in [0.25, 0.3) is 0 Å². The van der Waals surface area contributed by atoms with Crippen molar-refractivity contribution >= 4 is 21.6 Å². The number of nitrogens with two attached hydrogens (primary N) is 1. The van der Waals surface area contributed by atoms with Gasteiger partial charge in [-0.2, -0.15) is 4.72 Å². The summed E-state index contributed by atoms with van der Waals surface area (Å²) in [5.74, 6) is 0.124. The minimum atomic E-state index is -3.87. The van der Waals surface area contributed by atoms with Crippen LogP contribution in [-0.4, -0.2) is 33.5 Å². The summed E-state index contributed by atoms with van der Waals surface area (Å²) in [6.07, 6.45) is 1.88. The zero-order valence-corrected chi connectivity index (χ0v) is 12.7. The highest BCUT2D eigenvalue weighted by molar-refractivity contribution is 7.89. The van der Waals surface area contributed by atoms with Gasteiger partial charge in [-0.05, 0) is 31.9 Å². The first-order valence-corrected chi connectivity index (χ1v) is 8.08. The molecule has 1 saturated carbocycles. The van der Waals surface area contributed by atoms with Crippen LogP contribution in [0.4, 0.5) is 5.69 Å². The maximum atomic E-state index is 12.3. The van der Waals surface area contributed by atoms with Gasteiger partial charge in [0, 0.05) is 12.1 Å². The van der Waals surface area contributed by atoms with Gasteiger partial charge in [0.25, 0.3) is 0 Å². The Morgan fingerprint density at radius 3 is 2.62 bits per heavy atom. The van der Waals surface area contributed by atoms with Crippen molar-refractivity contribution in [2.24, 2.45) is 0 Å². The maximum absolute atomic E-state index is 12.3. The summed E-state index contributed by atoms with van der Waals surface area (Å²) in [4.78, 5) is 11.7. The summed E-state index contributed by atoms with van der Waals surface area (Å²) in [6, 6.07) is 3.58. The Balaban J connectivity index is 2.11. The molecule has 21 heavy (non-hydrogen) atoms. The number of nitrogen functional groups attached to an aromatic ring is 1. The Morgan fingerprint density at radius 1 is 1.43 bits per heavy atom. The number of carbonyl (C=O) groups is 1. The van der Waals surface area contributed by atoms with Crippen molar-refractivity contribution < 1.29 is 17.9 Å². The lowest BCUT2D eigenvalue weighted by molar-refractivity contribution is -0.122. The number of methoxy groups -OCH3 is 1. The molecule has 0 aliphatic heterocycles. The molecule has 116 valence electrons. The van der Waals surface area contributed by atoms with Crippen molar-refractivity contribution in [3.8, 4) is 5.75 Å². The van der Waals surface area contributed by atoms with Gasteiger partial charge >= 0.3 is 0 Å². The topological polar surface area (TPSA) is 111 Å². The number of rotatable bonds is 6. The number of hydrogen-bond donors (Lipinski definition) is 3. The molecule has 1 amide bonds. The summed E-state index contributed by atoms with van der Waals surface area (Å²) < 4.78 is 31.8. The van der Waals surface area contributed by atoms with Crippen LogP contribution < -0.4 is 20.5 Å². The molecule has 1 aliphatic rings. The van der Waals surface area contributed by atoms with Crippen molar-refractivity contribution in [1.82, 2.24) is 10.0 Å². The molecular formula is C13H19N3O4S. The number of nitrogens with one attached hydrogen (secondary N) is 2. The molecule has 1 aliphatic carbocycles. The molecule has 1 unspecified atom stereocenters. The van der Waals surface area contributed by atoms with E-state index in [1.165, 1.54) is 32.2 Å². The molecule has 8 heteroatoms. The van der Waals surface area contributed by atoms with E-state index in [1.807, 2.05) is 0 Å². The highest BCUT2D eigenvalue weighted by Crippen LogP contribution is 2.24. The zero-order chi connectivity index (χ0) is 15.6. The predicted molar refractivity (Wildman–Crippen MR) is 78.4 cm³/mol. The van der Waals surface area contributed by atoms with Crippen LogP contribution in [0.5, 0.6) is 5.75 Å². The van der Waals surface area contributed by atoms with E-state index in [9.17, 15) is 13.2 Å². The average molecular weight is 313 g/mol. The number of ether oxygens (including phenoxy) is 1. The molecule has 0 bridgehead atoms. The Labute approximate surface area is 123 Å². The fraction of sp³-hybridized carbons (Fsp3) is 0.462. The first-order chi connectivity index (χ1) is 9.83. The van der Waals surface area contributed by atoms with Crippen molar-refractivity contribution in [3.05, 3.63) is 18.2 Å². The monoisotopic (exact) mass is 313 g/mol. The average Bonchev–Trinajstić information content (AvgIpc) is 3.21. The van der Waals surface area contributed by atoms with Gasteiger partial charge in [-0.3, -0.25) is 4.79 Å². The zero-order valence-electron chi connectivity index (χ0n) is 11.9. The quantitative estimate of drug-likeness (QED) is 0.651. The van der Waals surface area contributed by atoms with Gasteiger partial charge in [0.2, 0.25) is 15.9 Å². The second-order valence-corrected chi connectivity index (χ2v) is 6.71. The van der Waals surface area contributed by atoms with E-state index < -0.39 is 16.1 Å². The number of sulfonamides is 1. The number of amides is 1. The van der Waals surface area contributed by atoms with E-state index in [0.29, 0.717) is 5.75 Å². The van der Waals surface area contributed by atoms with Crippen LogP contribution in [0.1, 0.15) is 19.8 Å². The minimum Gasteiger partial charge on any atom is -0.497 e. The van der Waals surface area contributed by atoms with E-state index >= 15 is 0 Å². The molecule has 0 radical (unpaired) electrons. The number of anilines is 1. The Hall–Kier alpha value is -1.80. The van der Waals surface area contributed by atoms with Gasteiger partial charge < -0.3 is 15.8 Å². The fourth-order valence-electron chi connectivity index (χ4n) is 1.80. The smallest absolute Gasteiger partial charge is 0.243 e. The van der Waals surface area contributed by atoms with E-state index in [-0.39, 0.29) is 22.5 Å². The third-order valence-electron chi connectivity index (χ3n) is 3.16. The van der Waals surface area contributed by atoms with Crippen molar-refractivity contribution in [3.63, 3.8) is 0 Å². The molecule has 0 aromatic heterocycles. The molecule has 0 heterocycles. The molecule has 1 fully saturated rings. The number of benzene rings is 1. The number of carbonyl (C=O) groups excluding carboxylic acids is 1. The largest absolute Gasteiger partial charge is 0.497 e. The van der Waals surface area contributed by atoms with Crippen LogP contribution in [0, 0.1) is 0 Å². The Bertz CT molecular complexity index is 641. The molecule has 1 atom stereocenters. The predicted octanol–water partition coefficient (Wildman–Crippen LogP) is 0.223. The summed E-state index contributed by atoms with van der Waals surface area (Å²) in [6.45, 7) is 1.50. The maximum Gasteiger partial charge on any atom is 0.243 e. The summed E-state index contributed by atoms with van der Waals surface area (Å²) in [5, 5.41) is 2.74. The van der Waals surface area contributed by atoms with Gasteiger partial charge in [0.15, 0.2) is 0 Å². The van der Waals surface area contributed by atoms with E-state index in [2.05, 4.69) is 10.0 Å². The van der Waals surface area contributed by atoms with Gasteiger partial charge in [0.05, 0.1) is 18.8 Å². The van der Waals surface area contributed by atoms with Crippen molar-refractivity contribution in [2.45, 2.75) is 36.7 Å². The lowest BCUT2D eigenvalue weighted by atomic mass is 10.3. The standard InChI is InChI=1S/C13H19N3O4S/c1-8(13(17)15-9-3-4-9)16-21(18,19)12-6-5-10(20-2)7-11(12)14/h5-9,16H,3-4,14H2,1-2H3,(H,15,17). The van der Waals surface area contributed by atoms with Crippen LogP contribution in [0.15, 0.2) is 23.1 Å². The molecule has 4 N–H and O–H groups in total. The van der Waals surface area contributed by atoms with Crippen molar-refractivity contribution in [2.75, 3.05) is 12.8 Å². The molecule has 7 nitrogen and oxygen atoms in total. The molecule has 2 rings (SSSR count). The minimum absolute atomic E-state index is 0.0663. The molecular weight excluding hydrogens is 294 g/mol. The molecule has 1 aromatic rings. The number of hydrogen-bond acceptors (Lipinski definition) is 5. The third-order valence-corrected chi connectivity index (χ3v) is 4.77. The van der Waals surface area contributed by atoms with Gasteiger partial charge in [-0.15, -0.1) is 0 Å². The van der Waals surface area contributed by atoms with E-state index in [1.54, 1.807) is 0 Å². The van der Waals surface area contributed by atoms with Gasteiger partial charge in [-0.25, -0.2) is 8.42 Å². The van der Waals surface area contributed by atoms with Crippen molar-refractivity contribution in [1.29, 1.82) is 0 Å².